The van der Waals surface area contributed by atoms with Crippen molar-refractivity contribution in [3.05, 3.63) is 104 Å². The molecule has 0 aliphatic heterocycles. The van der Waals surface area contributed by atoms with E-state index in [9.17, 15) is 14.9 Å². The lowest BCUT2D eigenvalue weighted by Gasteiger charge is -2.03. The zero-order valence-corrected chi connectivity index (χ0v) is 14.9. The molecule has 0 saturated heterocycles. The van der Waals surface area contributed by atoms with Crippen molar-refractivity contribution in [3.8, 4) is 11.1 Å². The minimum Gasteiger partial charge on any atom is -0.289 e. The van der Waals surface area contributed by atoms with E-state index in [0.717, 1.165) is 12.0 Å². The monoisotopic (exact) mass is 375 g/mol. The van der Waals surface area contributed by atoms with Crippen LogP contribution in [0.3, 0.4) is 0 Å². The number of nitro benzene ring substituents is 1. The third-order valence-corrected chi connectivity index (χ3v) is 5.00. The van der Waals surface area contributed by atoms with Crippen molar-refractivity contribution in [3.63, 3.8) is 0 Å². The molecule has 0 N–H and O–H groups in total. The molecule has 0 bridgehead atoms. The molecule has 0 amide bonds. The van der Waals surface area contributed by atoms with E-state index in [1.165, 1.54) is 34.9 Å². The first-order valence-electron chi connectivity index (χ1n) is 8.40. The highest BCUT2D eigenvalue weighted by atomic mass is 35.5. The maximum Gasteiger partial charge on any atom is 0.288 e. The van der Waals surface area contributed by atoms with Gasteiger partial charge in [0, 0.05) is 11.6 Å². The third kappa shape index (κ3) is 3.27. The van der Waals surface area contributed by atoms with Crippen molar-refractivity contribution >= 4 is 29.1 Å². The van der Waals surface area contributed by atoms with Gasteiger partial charge in [-0.1, -0.05) is 60.1 Å². The van der Waals surface area contributed by atoms with Crippen molar-refractivity contribution in [2.24, 2.45) is 0 Å². The summed E-state index contributed by atoms with van der Waals surface area (Å²) in [7, 11) is 0. The quantitative estimate of drug-likeness (QED) is 0.198. The normalized spacial score (nSPS) is 12.0. The van der Waals surface area contributed by atoms with Gasteiger partial charge in [0.15, 0.2) is 5.78 Å². The van der Waals surface area contributed by atoms with Crippen molar-refractivity contribution in [1.29, 1.82) is 0 Å². The zero-order chi connectivity index (χ0) is 19.0. The van der Waals surface area contributed by atoms with E-state index in [2.05, 4.69) is 12.1 Å². The van der Waals surface area contributed by atoms with Gasteiger partial charge in [0.05, 0.1) is 4.92 Å². The Morgan fingerprint density at radius 1 is 1.00 bits per heavy atom. The number of benzene rings is 3. The maximum atomic E-state index is 12.6. The molecule has 3 aromatic carbocycles. The number of allylic oxidation sites excluding steroid dienone is 1. The molecule has 4 nitrogen and oxygen atoms in total. The van der Waals surface area contributed by atoms with Crippen LogP contribution < -0.4 is 0 Å². The summed E-state index contributed by atoms with van der Waals surface area (Å²) < 4.78 is 0. The first-order valence-corrected chi connectivity index (χ1v) is 8.78. The minimum absolute atomic E-state index is 0.0702. The fourth-order valence-electron chi connectivity index (χ4n) is 3.32. The van der Waals surface area contributed by atoms with Crippen LogP contribution in [0, 0.1) is 10.1 Å². The zero-order valence-electron chi connectivity index (χ0n) is 14.2. The van der Waals surface area contributed by atoms with Crippen LogP contribution in [0.1, 0.15) is 27.0 Å². The Morgan fingerprint density at radius 2 is 1.78 bits per heavy atom. The van der Waals surface area contributed by atoms with Gasteiger partial charge >= 0.3 is 0 Å². The van der Waals surface area contributed by atoms with Crippen LogP contribution in [-0.2, 0) is 6.42 Å². The molecule has 0 fully saturated rings. The highest BCUT2D eigenvalue weighted by molar-refractivity contribution is 6.32. The number of hydrogen-bond acceptors (Lipinski definition) is 3. The number of hydrogen-bond donors (Lipinski definition) is 0. The number of halogens is 1. The summed E-state index contributed by atoms with van der Waals surface area (Å²) in [6, 6.07) is 18.4. The molecule has 0 heterocycles. The molecule has 132 valence electrons. The molecule has 1 aliphatic rings. The topological polar surface area (TPSA) is 60.2 Å². The molecule has 3 aromatic rings. The largest absolute Gasteiger partial charge is 0.289 e. The van der Waals surface area contributed by atoms with Crippen LogP contribution in [0.4, 0.5) is 5.69 Å². The fourth-order valence-corrected chi connectivity index (χ4v) is 3.50. The highest BCUT2D eigenvalue weighted by Crippen LogP contribution is 2.37. The van der Waals surface area contributed by atoms with E-state index in [4.69, 9.17) is 11.6 Å². The molecule has 0 aromatic heterocycles. The first-order chi connectivity index (χ1) is 13.0. The summed E-state index contributed by atoms with van der Waals surface area (Å²) in [5, 5.41) is 11.0. The third-order valence-electron chi connectivity index (χ3n) is 4.68. The molecule has 0 spiro atoms. The average molecular weight is 376 g/mol. The lowest BCUT2D eigenvalue weighted by Crippen LogP contribution is -1.95. The van der Waals surface area contributed by atoms with Crippen molar-refractivity contribution in [1.82, 2.24) is 0 Å². The molecule has 0 unspecified atom stereocenters. The number of nitrogens with zero attached hydrogens (tertiary/aromatic N) is 1. The van der Waals surface area contributed by atoms with E-state index in [0.29, 0.717) is 11.1 Å². The van der Waals surface area contributed by atoms with Crippen LogP contribution in [-0.4, -0.2) is 10.7 Å². The minimum atomic E-state index is -0.542. The predicted molar refractivity (Wildman–Crippen MR) is 106 cm³/mol. The molecule has 0 atom stereocenters. The number of ketones is 1. The summed E-state index contributed by atoms with van der Waals surface area (Å²) in [5.74, 6) is -0.153. The average Bonchev–Trinajstić information content (AvgIpc) is 3.04. The standard InChI is InChI=1S/C22H14ClNO3/c23-20-9-5-14(11-21(20)24(26)27)6-10-22(25)17-8-7-16-12-15-3-1-2-4-18(15)19(16)13-17/h1-11,13H,12H2/b10-6+. The summed E-state index contributed by atoms with van der Waals surface area (Å²) in [6.07, 6.45) is 3.87. The summed E-state index contributed by atoms with van der Waals surface area (Å²) in [6.45, 7) is 0. The number of carbonyl (C=O) groups is 1. The van der Waals surface area contributed by atoms with Crippen molar-refractivity contribution in [2.75, 3.05) is 0 Å². The van der Waals surface area contributed by atoms with Gasteiger partial charge in [0.1, 0.15) is 5.02 Å². The lowest BCUT2D eigenvalue weighted by atomic mass is 10.0. The summed E-state index contributed by atoms with van der Waals surface area (Å²) >= 11 is 5.81. The van der Waals surface area contributed by atoms with Gasteiger partial charge in [-0.05, 0) is 52.4 Å². The second-order valence-electron chi connectivity index (χ2n) is 6.37. The fraction of sp³-hybridized carbons (Fsp3) is 0.0455. The summed E-state index contributed by atoms with van der Waals surface area (Å²) in [5.41, 5.74) is 5.69. The smallest absolute Gasteiger partial charge is 0.288 e. The molecule has 1 aliphatic carbocycles. The van der Waals surface area contributed by atoms with E-state index in [-0.39, 0.29) is 16.5 Å². The molecule has 0 saturated carbocycles. The van der Waals surface area contributed by atoms with Gasteiger partial charge < -0.3 is 0 Å². The van der Waals surface area contributed by atoms with Crippen LogP contribution in [0.25, 0.3) is 17.2 Å². The van der Waals surface area contributed by atoms with Crippen molar-refractivity contribution in [2.45, 2.75) is 6.42 Å². The Bertz CT molecular complexity index is 1120. The number of rotatable bonds is 4. The lowest BCUT2D eigenvalue weighted by molar-refractivity contribution is -0.384. The first kappa shape index (κ1) is 17.2. The Morgan fingerprint density at radius 3 is 2.59 bits per heavy atom. The van der Waals surface area contributed by atoms with Crippen LogP contribution >= 0.6 is 11.6 Å². The van der Waals surface area contributed by atoms with Gasteiger partial charge in [-0.2, -0.15) is 0 Å². The second kappa shape index (κ2) is 6.82. The Balaban J connectivity index is 1.61. The second-order valence-corrected chi connectivity index (χ2v) is 6.78. The molecule has 4 rings (SSSR count). The van der Waals surface area contributed by atoms with E-state index >= 15 is 0 Å². The van der Waals surface area contributed by atoms with E-state index in [1.807, 2.05) is 30.3 Å². The van der Waals surface area contributed by atoms with Gasteiger partial charge in [-0.3, -0.25) is 14.9 Å². The molecule has 0 radical (unpaired) electrons. The van der Waals surface area contributed by atoms with Crippen LogP contribution in [0.5, 0.6) is 0 Å². The molecular weight excluding hydrogens is 362 g/mol. The van der Waals surface area contributed by atoms with E-state index < -0.39 is 4.92 Å². The Labute approximate surface area is 160 Å². The Kier molecular flexibility index (Phi) is 4.34. The van der Waals surface area contributed by atoms with Gasteiger partial charge in [0.2, 0.25) is 0 Å². The van der Waals surface area contributed by atoms with Crippen LogP contribution in [0.15, 0.2) is 66.7 Å². The number of nitro groups is 1. The van der Waals surface area contributed by atoms with Crippen molar-refractivity contribution < 1.29 is 9.72 Å². The van der Waals surface area contributed by atoms with E-state index in [1.54, 1.807) is 12.1 Å². The highest BCUT2D eigenvalue weighted by Gasteiger charge is 2.19. The van der Waals surface area contributed by atoms with Gasteiger partial charge in [-0.15, -0.1) is 0 Å². The van der Waals surface area contributed by atoms with Gasteiger partial charge in [0.25, 0.3) is 5.69 Å². The van der Waals surface area contributed by atoms with Gasteiger partial charge in [-0.25, -0.2) is 0 Å². The molecular formula is C22H14ClNO3. The Hall–Kier alpha value is -3.24. The van der Waals surface area contributed by atoms with Crippen LogP contribution in [0.2, 0.25) is 5.02 Å². The number of fused-ring (bicyclic) bond motifs is 3. The molecule has 5 heteroatoms. The molecule has 27 heavy (non-hydrogen) atoms. The SMILES string of the molecule is O=C(/C=C/c1ccc(Cl)c([N+](=O)[O-])c1)c1ccc2c(c1)-c1ccccc1C2. The maximum absolute atomic E-state index is 12.6. The predicted octanol–water partition coefficient (Wildman–Crippen LogP) is 5.72. The summed E-state index contributed by atoms with van der Waals surface area (Å²) in [4.78, 5) is 23.0. The number of carbonyl (C=O) groups excluding carboxylic acids is 1.